The first-order chi connectivity index (χ1) is 8.72. The lowest BCUT2D eigenvalue weighted by atomic mass is 10.1. The maximum atomic E-state index is 13.4. The van der Waals surface area contributed by atoms with Crippen LogP contribution in [0, 0.1) is 5.82 Å². The average Bonchev–Trinajstić information content (AvgIpc) is 2.71. The van der Waals surface area contributed by atoms with Crippen LogP contribution in [-0.2, 0) is 11.2 Å². The zero-order valence-electron chi connectivity index (χ0n) is 10.7. The van der Waals surface area contributed by atoms with E-state index in [1.807, 2.05) is 17.9 Å². The first kappa shape index (κ1) is 13.0. The molecule has 1 aliphatic rings. The maximum absolute atomic E-state index is 13.4. The van der Waals surface area contributed by atoms with Gasteiger partial charge in [0.1, 0.15) is 5.82 Å². The molecule has 98 valence electrons. The van der Waals surface area contributed by atoms with Gasteiger partial charge in [0.2, 0.25) is 5.91 Å². The molecule has 1 aromatic rings. The van der Waals surface area contributed by atoms with Crippen LogP contribution in [0.15, 0.2) is 24.3 Å². The molecule has 1 unspecified atom stereocenters. The number of likely N-dealkylation sites (N-methyl/N-ethyl adjacent to an activating group) is 1. The summed E-state index contributed by atoms with van der Waals surface area (Å²) in [6, 6.07) is 6.70. The molecule has 0 bridgehead atoms. The zero-order chi connectivity index (χ0) is 13.0. The molecule has 1 heterocycles. The predicted octanol–water partition coefficient (Wildman–Crippen LogP) is 1.58. The second kappa shape index (κ2) is 5.96. The Labute approximate surface area is 107 Å². The van der Waals surface area contributed by atoms with Crippen molar-refractivity contribution in [3.8, 4) is 0 Å². The lowest BCUT2D eigenvalue weighted by molar-refractivity contribution is -0.129. The molecular weight excluding hydrogens is 231 g/mol. The van der Waals surface area contributed by atoms with Crippen molar-refractivity contribution in [2.24, 2.45) is 0 Å². The molecule has 1 aliphatic heterocycles. The predicted molar refractivity (Wildman–Crippen MR) is 68.8 cm³/mol. The maximum Gasteiger partial charge on any atom is 0.239 e. The minimum absolute atomic E-state index is 0.0457. The standard InChI is InChI=1S/C14H19FN2O/c1-2-16-13-8-10-17(14(13)18)9-7-11-5-3-4-6-12(11)15/h3-6,13,16H,2,7-10H2,1H3. The quantitative estimate of drug-likeness (QED) is 0.860. The van der Waals surface area contributed by atoms with Gasteiger partial charge in [0.25, 0.3) is 0 Å². The van der Waals surface area contributed by atoms with Gasteiger partial charge in [-0.1, -0.05) is 25.1 Å². The number of benzene rings is 1. The van der Waals surface area contributed by atoms with Crippen LogP contribution in [-0.4, -0.2) is 36.5 Å². The molecule has 1 aromatic carbocycles. The highest BCUT2D eigenvalue weighted by Crippen LogP contribution is 2.13. The summed E-state index contributed by atoms with van der Waals surface area (Å²) in [5, 5.41) is 3.17. The van der Waals surface area contributed by atoms with Crippen molar-refractivity contribution in [1.29, 1.82) is 0 Å². The molecule has 1 N–H and O–H groups in total. The summed E-state index contributed by atoms with van der Waals surface area (Å²) in [6.45, 7) is 4.17. The summed E-state index contributed by atoms with van der Waals surface area (Å²) in [5.74, 6) is -0.0411. The number of carbonyl (C=O) groups excluding carboxylic acids is 1. The number of nitrogens with one attached hydrogen (secondary N) is 1. The fraction of sp³-hybridized carbons (Fsp3) is 0.500. The van der Waals surface area contributed by atoms with Gasteiger partial charge in [0, 0.05) is 13.1 Å². The molecule has 0 aliphatic carbocycles. The Morgan fingerprint density at radius 2 is 2.22 bits per heavy atom. The number of amides is 1. The van der Waals surface area contributed by atoms with Gasteiger partial charge in [-0.2, -0.15) is 0 Å². The molecule has 0 saturated carbocycles. The van der Waals surface area contributed by atoms with Crippen molar-refractivity contribution in [3.63, 3.8) is 0 Å². The monoisotopic (exact) mass is 250 g/mol. The molecular formula is C14H19FN2O. The molecule has 0 spiro atoms. The number of hydrogen-bond donors (Lipinski definition) is 1. The highest BCUT2D eigenvalue weighted by atomic mass is 19.1. The van der Waals surface area contributed by atoms with Gasteiger partial charge in [-0.15, -0.1) is 0 Å². The van der Waals surface area contributed by atoms with E-state index in [9.17, 15) is 9.18 Å². The number of likely N-dealkylation sites (tertiary alicyclic amines) is 1. The fourth-order valence-electron chi connectivity index (χ4n) is 2.35. The van der Waals surface area contributed by atoms with E-state index in [1.54, 1.807) is 12.1 Å². The third-order valence-corrected chi connectivity index (χ3v) is 3.36. The van der Waals surface area contributed by atoms with Crippen molar-refractivity contribution in [2.75, 3.05) is 19.6 Å². The van der Waals surface area contributed by atoms with Gasteiger partial charge < -0.3 is 10.2 Å². The van der Waals surface area contributed by atoms with Crippen LogP contribution in [0.4, 0.5) is 4.39 Å². The Balaban J connectivity index is 1.88. The van der Waals surface area contributed by atoms with Crippen LogP contribution in [0.3, 0.4) is 0 Å². The van der Waals surface area contributed by atoms with E-state index in [1.165, 1.54) is 6.07 Å². The third-order valence-electron chi connectivity index (χ3n) is 3.36. The molecule has 4 heteroatoms. The Kier molecular flexibility index (Phi) is 4.31. The van der Waals surface area contributed by atoms with Gasteiger partial charge in [0.05, 0.1) is 6.04 Å². The van der Waals surface area contributed by atoms with E-state index >= 15 is 0 Å². The normalized spacial score (nSPS) is 19.6. The lowest BCUT2D eigenvalue weighted by Crippen LogP contribution is -2.38. The highest BCUT2D eigenvalue weighted by molar-refractivity contribution is 5.83. The van der Waals surface area contributed by atoms with Crippen LogP contribution in [0.2, 0.25) is 0 Å². The zero-order valence-corrected chi connectivity index (χ0v) is 10.7. The van der Waals surface area contributed by atoms with Crippen LogP contribution in [0.25, 0.3) is 0 Å². The number of hydrogen-bond acceptors (Lipinski definition) is 2. The first-order valence-electron chi connectivity index (χ1n) is 6.48. The topological polar surface area (TPSA) is 32.3 Å². The largest absolute Gasteiger partial charge is 0.341 e. The van der Waals surface area contributed by atoms with Gasteiger partial charge in [-0.3, -0.25) is 4.79 Å². The molecule has 1 saturated heterocycles. The van der Waals surface area contributed by atoms with Crippen molar-refractivity contribution in [1.82, 2.24) is 10.2 Å². The molecule has 2 rings (SSSR count). The van der Waals surface area contributed by atoms with Crippen molar-refractivity contribution < 1.29 is 9.18 Å². The number of carbonyl (C=O) groups is 1. The van der Waals surface area contributed by atoms with E-state index in [-0.39, 0.29) is 17.8 Å². The summed E-state index contributed by atoms with van der Waals surface area (Å²) < 4.78 is 13.4. The van der Waals surface area contributed by atoms with E-state index in [0.29, 0.717) is 18.5 Å². The average molecular weight is 250 g/mol. The van der Waals surface area contributed by atoms with Gasteiger partial charge in [-0.25, -0.2) is 4.39 Å². The number of halogens is 1. The van der Waals surface area contributed by atoms with Crippen LogP contribution in [0.5, 0.6) is 0 Å². The van der Waals surface area contributed by atoms with Gasteiger partial charge >= 0.3 is 0 Å². The molecule has 1 atom stereocenters. The van der Waals surface area contributed by atoms with Crippen molar-refractivity contribution in [2.45, 2.75) is 25.8 Å². The summed E-state index contributed by atoms with van der Waals surface area (Å²) in [4.78, 5) is 13.8. The Hall–Kier alpha value is -1.42. The van der Waals surface area contributed by atoms with Crippen LogP contribution in [0.1, 0.15) is 18.9 Å². The Bertz CT molecular complexity index is 422. The summed E-state index contributed by atoms with van der Waals surface area (Å²) in [6.07, 6.45) is 1.43. The Morgan fingerprint density at radius 1 is 1.44 bits per heavy atom. The minimum atomic E-state index is -0.188. The third kappa shape index (κ3) is 2.88. The molecule has 3 nitrogen and oxygen atoms in total. The van der Waals surface area contributed by atoms with Crippen molar-refractivity contribution in [3.05, 3.63) is 35.6 Å². The smallest absolute Gasteiger partial charge is 0.239 e. The molecule has 0 aromatic heterocycles. The summed E-state index contributed by atoms with van der Waals surface area (Å²) in [7, 11) is 0. The number of nitrogens with zero attached hydrogens (tertiary/aromatic N) is 1. The molecule has 18 heavy (non-hydrogen) atoms. The van der Waals surface area contributed by atoms with Crippen LogP contribution >= 0.6 is 0 Å². The van der Waals surface area contributed by atoms with Crippen LogP contribution < -0.4 is 5.32 Å². The molecule has 1 amide bonds. The summed E-state index contributed by atoms with van der Waals surface area (Å²) >= 11 is 0. The van der Waals surface area contributed by atoms with E-state index in [0.717, 1.165) is 19.5 Å². The molecule has 0 radical (unpaired) electrons. The van der Waals surface area contributed by atoms with Gasteiger partial charge in [-0.05, 0) is 31.0 Å². The first-order valence-corrected chi connectivity index (χ1v) is 6.48. The SMILES string of the molecule is CCNC1CCN(CCc2ccccc2F)C1=O. The second-order valence-corrected chi connectivity index (χ2v) is 4.57. The van der Waals surface area contributed by atoms with Gasteiger partial charge in [0.15, 0.2) is 0 Å². The van der Waals surface area contributed by atoms with Crippen molar-refractivity contribution >= 4 is 5.91 Å². The Morgan fingerprint density at radius 3 is 2.94 bits per heavy atom. The van der Waals surface area contributed by atoms with E-state index in [2.05, 4.69) is 5.32 Å². The molecule has 1 fully saturated rings. The van der Waals surface area contributed by atoms with E-state index < -0.39 is 0 Å². The second-order valence-electron chi connectivity index (χ2n) is 4.57. The minimum Gasteiger partial charge on any atom is -0.341 e. The fourth-order valence-corrected chi connectivity index (χ4v) is 2.35. The number of rotatable bonds is 5. The summed E-state index contributed by atoms with van der Waals surface area (Å²) in [5.41, 5.74) is 0.678. The highest BCUT2D eigenvalue weighted by Gasteiger charge is 2.30. The van der Waals surface area contributed by atoms with E-state index in [4.69, 9.17) is 0 Å². The lowest BCUT2D eigenvalue weighted by Gasteiger charge is -2.17.